The maximum absolute atomic E-state index is 10.8. The number of esters is 1. The summed E-state index contributed by atoms with van der Waals surface area (Å²) in [4.78, 5) is 20.8. The van der Waals surface area contributed by atoms with Gasteiger partial charge in [-0.2, -0.15) is 0 Å². The fraction of sp³-hybridized carbons (Fsp3) is 0.818. The molecule has 4 heteroatoms. The summed E-state index contributed by atoms with van der Waals surface area (Å²) in [5.74, 6) is -0.643. The van der Waals surface area contributed by atoms with Crippen molar-refractivity contribution in [2.24, 2.45) is 0 Å². The van der Waals surface area contributed by atoms with E-state index in [-0.39, 0.29) is 6.42 Å². The second-order valence-electron chi connectivity index (χ2n) is 3.61. The standard InChI is InChI=1S/C11H20O4/c1-2-3-4-5-6-7-8-9-10(12)15-11(13)14/h2-9H2,1H3,(H,13,14). The lowest BCUT2D eigenvalue weighted by molar-refractivity contribution is -0.139. The number of rotatable bonds is 8. The molecule has 15 heavy (non-hydrogen) atoms. The highest BCUT2D eigenvalue weighted by atomic mass is 16.7. The number of hydrogen-bond donors (Lipinski definition) is 1. The first-order valence-electron chi connectivity index (χ1n) is 5.60. The van der Waals surface area contributed by atoms with Gasteiger partial charge in [0, 0.05) is 6.42 Å². The summed E-state index contributed by atoms with van der Waals surface area (Å²) in [7, 11) is 0. The highest BCUT2D eigenvalue weighted by molar-refractivity contribution is 5.80. The van der Waals surface area contributed by atoms with Crippen molar-refractivity contribution < 1.29 is 19.4 Å². The number of carboxylic acid groups (broad SMARTS) is 1. The summed E-state index contributed by atoms with van der Waals surface area (Å²) in [5.41, 5.74) is 0. The van der Waals surface area contributed by atoms with Crippen LogP contribution in [-0.2, 0) is 9.53 Å². The van der Waals surface area contributed by atoms with Gasteiger partial charge in [0.05, 0.1) is 0 Å². The normalized spacial score (nSPS) is 9.93. The van der Waals surface area contributed by atoms with Crippen LogP contribution in [0.15, 0.2) is 0 Å². The molecule has 0 aliphatic carbocycles. The molecule has 0 amide bonds. The molecular weight excluding hydrogens is 196 g/mol. The van der Waals surface area contributed by atoms with E-state index in [2.05, 4.69) is 11.7 Å². The van der Waals surface area contributed by atoms with E-state index in [9.17, 15) is 9.59 Å². The second-order valence-corrected chi connectivity index (χ2v) is 3.61. The van der Waals surface area contributed by atoms with Gasteiger partial charge in [-0.05, 0) is 6.42 Å². The maximum atomic E-state index is 10.8. The molecule has 0 saturated heterocycles. The van der Waals surface area contributed by atoms with Crippen LogP contribution >= 0.6 is 0 Å². The molecule has 1 N–H and O–H groups in total. The number of hydrogen-bond acceptors (Lipinski definition) is 3. The third-order valence-electron chi connectivity index (χ3n) is 2.19. The molecule has 0 radical (unpaired) electrons. The van der Waals surface area contributed by atoms with Gasteiger partial charge in [-0.25, -0.2) is 4.79 Å². The Morgan fingerprint density at radius 3 is 2.07 bits per heavy atom. The molecule has 0 fully saturated rings. The molecule has 0 atom stereocenters. The van der Waals surface area contributed by atoms with Gasteiger partial charge >= 0.3 is 12.1 Å². The van der Waals surface area contributed by atoms with Gasteiger partial charge in [-0.3, -0.25) is 4.79 Å². The van der Waals surface area contributed by atoms with E-state index < -0.39 is 12.1 Å². The van der Waals surface area contributed by atoms with Gasteiger partial charge in [0.15, 0.2) is 0 Å². The predicted molar refractivity (Wildman–Crippen MR) is 56.7 cm³/mol. The van der Waals surface area contributed by atoms with Crippen molar-refractivity contribution in [2.45, 2.75) is 58.3 Å². The second kappa shape index (κ2) is 9.49. The van der Waals surface area contributed by atoms with Gasteiger partial charge in [-0.15, -0.1) is 0 Å². The first kappa shape index (κ1) is 13.9. The lowest BCUT2D eigenvalue weighted by Crippen LogP contribution is -2.09. The van der Waals surface area contributed by atoms with Crippen LogP contribution < -0.4 is 0 Å². The minimum atomic E-state index is -1.51. The molecular formula is C11H20O4. The van der Waals surface area contributed by atoms with Crippen LogP contribution in [0.1, 0.15) is 58.3 Å². The third-order valence-corrected chi connectivity index (χ3v) is 2.19. The number of ether oxygens (including phenoxy) is 1. The Kier molecular flexibility index (Phi) is 8.82. The Morgan fingerprint density at radius 1 is 1.00 bits per heavy atom. The topological polar surface area (TPSA) is 63.6 Å². The van der Waals surface area contributed by atoms with Crippen LogP contribution in [0.3, 0.4) is 0 Å². The van der Waals surface area contributed by atoms with E-state index in [4.69, 9.17) is 5.11 Å². The molecule has 4 nitrogen and oxygen atoms in total. The van der Waals surface area contributed by atoms with E-state index in [0.29, 0.717) is 0 Å². The zero-order valence-corrected chi connectivity index (χ0v) is 9.33. The van der Waals surface area contributed by atoms with Crippen LogP contribution in [0.25, 0.3) is 0 Å². The van der Waals surface area contributed by atoms with Crippen molar-refractivity contribution in [1.82, 2.24) is 0 Å². The first-order valence-corrected chi connectivity index (χ1v) is 5.60. The van der Waals surface area contributed by atoms with Crippen molar-refractivity contribution in [3.63, 3.8) is 0 Å². The molecule has 0 saturated carbocycles. The Hall–Kier alpha value is -1.06. The summed E-state index contributed by atoms with van der Waals surface area (Å²) in [5, 5.41) is 8.14. The molecule has 0 aromatic heterocycles. The van der Waals surface area contributed by atoms with Crippen LogP contribution in [0.5, 0.6) is 0 Å². The van der Waals surface area contributed by atoms with Crippen molar-refractivity contribution in [3.8, 4) is 0 Å². The fourth-order valence-corrected chi connectivity index (χ4v) is 1.37. The largest absolute Gasteiger partial charge is 0.513 e. The molecule has 0 aliphatic heterocycles. The molecule has 0 aromatic carbocycles. The molecule has 88 valence electrons. The molecule has 0 aromatic rings. The highest BCUT2D eigenvalue weighted by Crippen LogP contribution is 2.08. The van der Waals surface area contributed by atoms with Gasteiger partial charge in [0.25, 0.3) is 0 Å². The van der Waals surface area contributed by atoms with Gasteiger partial charge in [0.1, 0.15) is 0 Å². The SMILES string of the molecule is CCCCCCCCCC(=O)OC(=O)O. The predicted octanol–water partition coefficient (Wildman–Crippen LogP) is 3.35. The monoisotopic (exact) mass is 216 g/mol. The van der Waals surface area contributed by atoms with Gasteiger partial charge < -0.3 is 9.84 Å². The third kappa shape index (κ3) is 10.9. The van der Waals surface area contributed by atoms with Crippen LogP contribution in [0.4, 0.5) is 4.79 Å². The average Bonchev–Trinajstić information content (AvgIpc) is 2.15. The highest BCUT2D eigenvalue weighted by Gasteiger charge is 2.06. The molecule has 0 spiro atoms. The zero-order valence-electron chi connectivity index (χ0n) is 9.33. The Morgan fingerprint density at radius 2 is 1.53 bits per heavy atom. The fourth-order valence-electron chi connectivity index (χ4n) is 1.37. The quantitative estimate of drug-likeness (QED) is 0.384. The summed E-state index contributed by atoms with van der Waals surface area (Å²) in [6, 6.07) is 0. The number of unbranched alkanes of at least 4 members (excludes halogenated alkanes) is 6. The average molecular weight is 216 g/mol. The first-order chi connectivity index (χ1) is 7.16. The van der Waals surface area contributed by atoms with E-state index in [1.807, 2.05) is 0 Å². The molecule has 0 heterocycles. The summed E-state index contributed by atoms with van der Waals surface area (Å²) < 4.78 is 3.97. The summed E-state index contributed by atoms with van der Waals surface area (Å²) >= 11 is 0. The molecule has 0 bridgehead atoms. The van der Waals surface area contributed by atoms with Crippen molar-refractivity contribution in [3.05, 3.63) is 0 Å². The Balaban J connectivity index is 3.16. The lowest BCUT2D eigenvalue weighted by Gasteiger charge is -2.00. The Bertz CT molecular complexity index is 189. The molecule has 0 rings (SSSR count). The van der Waals surface area contributed by atoms with E-state index in [0.717, 1.165) is 19.3 Å². The smallest absolute Gasteiger partial charge is 0.449 e. The van der Waals surface area contributed by atoms with E-state index in [1.165, 1.54) is 25.7 Å². The van der Waals surface area contributed by atoms with E-state index >= 15 is 0 Å². The summed E-state index contributed by atoms with van der Waals surface area (Å²) in [6.07, 6.45) is 6.43. The van der Waals surface area contributed by atoms with Crippen molar-refractivity contribution in [2.75, 3.05) is 0 Å². The van der Waals surface area contributed by atoms with E-state index in [1.54, 1.807) is 0 Å². The zero-order chi connectivity index (χ0) is 11.5. The van der Waals surface area contributed by atoms with Crippen molar-refractivity contribution >= 4 is 12.1 Å². The number of carbonyl (C=O) groups is 2. The molecule has 0 aliphatic rings. The van der Waals surface area contributed by atoms with Crippen LogP contribution in [0.2, 0.25) is 0 Å². The van der Waals surface area contributed by atoms with Gasteiger partial charge in [0.2, 0.25) is 0 Å². The van der Waals surface area contributed by atoms with Crippen LogP contribution in [0, 0.1) is 0 Å². The van der Waals surface area contributed by atoms with Gasteiger partial charge in [-0.1, -0.05) is 45.4 Å². The number of carbonyl (C=O) groups excluding carboxylic acids is 1. The van der Waals surface area contributed by atoms with Crippen molar-refractivity contribution in [1.29, 1.82) is 0 Å². The minimum Gasteiger partial charge on any atom is -0.449 e. The lowest BCUT2D eigenvalue weighted by atomic mass is 10.1. The van der Waals surface area contributed by atoms with Crippen LogP contribution in [-0.4, -0.2) is 17.2 Å². The minimum absolute atomic E-state index is 0.208. The Labute approximate surface area is 90.6 Å². The molecule has 0 unspecified atom stereocenters. The maximum Gasteiger partial charge on any atom is 0.513 e. The summed E-state index contributed by atoms with van der Waals surface area (Å²) in [6.45, 7) is 2.17.